The lowest BCUT2D eigenvalue weighted by molar-refractivity contribution is 0.180. The molecule has 2 heterocycles. The van der Waals surface area contributed by atoms with E-state index < -0.39 is 62.4 Å². The second-order valence-electron chi connectivity index (χ2n) is 4.15. The lowest BCUT2D eigenvalue weighted by atomic mass is 10.2. The molecule has 7 heteroatoms. The van der Waals surface area contributed by atoms with Crippen LogP contribution >= 0.6 is 0 Å². The van der Waals surface area contributed by atoms with Crippen molar-refractivity contribution in [3.05, 3.63) is 27.1 Å². The molecule has 0 aromatic carbocycles. The Morgan fingerprint density at radius 3 is 3.10 bits per heavy atom. The molecule has 0 aliphatic heterocycles. The number of aromatic nitrogens is 4. The number of nitrogens with zero attached hydrogens (tertiary/aromatic N) is 4. The minimum atomic E-state index is -3.43. The molecule has 0 aliphatic carbocycles. The van der Waals surface area contributed by atoms with Gasteiger partial charge >= 0.3 is 5.69 Å². The van der Waals surface area contributed by atoms with Crippen LogP contribution in [0.25, 0.3) is 11.2 Å². The van der Waals surface area contributed by atoms with Gasteiger partial charge in [-0.15, -0.1) is 0 Å². The minimum Gasteiger partial charge on any atom is -0.393 e. The number of fused-ring (bicyclic) bond motifs is 1. The van der Waals surface area contributed by atoms with Gasteiger partial charge in [0.15, 0.2) is 11.2 Å². The van der Waals surface area contributed by atoms with E-state index in [1.165, 1.54) is 7.05 Å². The Kier molecular flexibility index (Phi) is 1.76. The van der Waals surface area contributed by atoms with Crippen LogP contribution in [0.4, 0.5) is 0 Å². The number of rotatable bonds is 5. The Hall–Kier alpha value is -1.89. The second kappa shape index (κ2) is 5.62. The number of imidazole rings is 1. The van der Waals surface area contributed by atoms with Crippen LogP contribution in [0.2, 0.25) is 0 Å². The topological polar surface area (TPSA) is 82.1 Å². The molecule has 2 aromatic heterocycles. The highest BCUT2D eigenvalue weighted by molar-refractivity contribution is 5.69. The summed E-state index contributed by atoms with van der Waals surface area (Å²) in [4.78, 5) is 29.1. The molecule has 0 aliphatic rings. The van der Waals surface area contributed by atoms with E-state index in [1.54, 1.807) is 0 Å². The van der Waals surface area contributed by atoms with Gasteiger partial charge in [0.1, 0.15) is 1.37 Å². The molecule has 1 unspecified atom stereocenters. The highest BCUT2D eigenvalue weighted by atomic mass is 16.3. The number of aryl methyl sites for hydroxylation is 2. The maximum atomic E-state index is 12.7. The Morgan fingerprint density at radius 2 is 2.40 bits per heavy atom. The summed E-state index contributed by atoms with van der Waals surface area (Å²) in [6, 6.07) is 0. The van der Waals surface area contributed by atoms with Crippen molar-refractivity contribution in [2.45, 2.75) is 38.7 Å². The second-order valence-corrected chi connectivity index (χ2v) is 4.15. The van der Waals surface area contributed by atoms with E-state index in [2.05, 4.69) is 4.98 Å². The quantitative estimate of drug-likeness (QED) is 0.839. The fraction of sp³-hybridized carbons (Fsp3) is 0.615. The zero-order valence-corrected chi connectivity index (χ0v) is 10.7. The number of aliphatic hydroxyl groups is 1. The normalized spacial score (nSPS) is 23.9. The van der Waals surface area contributed by atoms with Crippen LogP contribution in [-0.2, 0) is 20.6 Å². The molecule has 20 heavy (non-hydrogen) atoms. The molecule has 0 spiro atoms. The van der Waals surface area contributed by atoms with Gasteiger partial charge in [-0.1, -0.05) is 0 Å². The summed E-state index contributed by atoms with van der Waals surface area (Å²) in [6.07, 6.45) is -7.88. The third-order valence-corrected chi connectivity index (χ3v) is 2.79. The van der Waals surface area contributed by atoms with Crippen molar-refractivity contribution in [2.24, 2.45) is 14.0 Å². The average Bonchev–Trinajstić information content (AvgIpc) is 2.83. The maximum absolute atomic E-state index is 12.7. The first-order valence-electron chi connectivity index (χ1n) is 10.8. The van der Waals surface area contributed by atoms with Gasteiger partial charge in [-0.05, 0) is 26.1 Å². The summed E-state index contributed by atoms with van der Waals surface area (Å²) in [5.41, 5.74) is -3.03. The van der Waals surface area contributed by atoms with Gasteiger partial charge in [0.2, 0.25) is 0 Å². The molecule has 0 saturated heterocycles. The lowest BCUT2D eigenvalue weighted by Crippen LogP contribution is -2.39. The molecule has 0 saturated carbocycles. The molecular weight excluding hydrogens is 260 g/mol. The minimum absolute atomic E-state index is 0.277. The average molecular weight is 290 g/mol. The molecule has 1 atom stereocenters. The molecule has 2 rings (SSSR count). The Morgan fingerprint density at radius 1 is 1.60 bits per heavy atom. The molecule has 7 nitrogen and oxygen atoms in total. The summed E-state index contributed by atoms with van der Waals surface area (Å²) in [6.45, 7) is -6.89. The summed E-state index contributed by atoms with van der Waals surface area (Å²) >= 11 is 0. The fourth-order valence-corrected chi connectivity index (χ4v) is 1.84. The van der Waals surface area contributed by atoms with Crippen molar-refractivity contribution in [3.8, 4) is 0 Å². The van der Waals surface area contributed by atoms with Crippen LogP contribution in [0.3, 0.4) is 0 Å². The van der Waals surface area contributed by atoms with Crippen LogP contribution in [-0.4, -0.2) is 29.9 Å². The molecule has 0 radical (unpaired) electrons. The van der Waals surface area contributed by atoms with E-state index in [9.17, 15) is 14.7 Å². The van der Waals surface area contributed by atoms with E-state index in [-0.39, 0.29) is 16.5 Å². The number of hydrogen-bond donors (Lipinski definition) is 1. The Labute approximate surface area is 130 Å². The van der Waals surface area contributed by atoms with E-state index in [0.717, 1.165) is 4.57 Å². The lowest BCUT2D eigenvalue weighted by Gasteiger charge is -2.09. The first kappa shape index (κ1) is 6.26. The van der Waals surface area contributed by atoms with E-state index >= 15 is 0 Å². The van der Waals surface area contributed by atoms with Crippen molar-refractivity contribution < 1.29 is 18.8 Å². The summed E-state index contributed by atoms with van der Waals surface area (Å²) in [5, 5.41) is 9.80. The highest BCUT2D eigenvalue weighted by Crippen LogP contribution is 2.04. The first-order valence-corrected chi connectivity index (χ1v) is 5.76. The predicted molar refractivity (Wildman–Crippen MR) is 75.7 cm³/mol. The summed E-state index contributed by atoms with van der Waals surface area (Å²) in [5.74, 6) is 0. The van der Waals surface area contributed by atoms with Crippen LogP contribution < -0.4 is 11.2 Å². The molecule has 1 N–H and O–H groups in total. The van der Waals surface area contributed by atoms with Crippen molar-refractivity contribution >= 4 is 11.2 Å². The van der Waals surface area contributed by atoms with Crippen LogP contribution in [0.15, 0.2) is 15.9 Å². The molecule has 0 fully saturated rings. The summed E-state index contributed by atoms with van der Waals surface area (Å²) < 4.78 is 76.5. The van der Waals surface area contributed by atoms with Gasteiger partial charge in [0.05, 0.1) is 13.8 Å². The zero-order chi connectivity index (χ0) is 23.4. The van der Waals surface area contributed by atoms with Crippen LogP contribution in [0.1, 0.15) is 39.8 Å². The van der Waals surface area contributed by atoms with E-state index in [4.69, 9.17) is 13.7 Å². The van der Waals surface area contributed by atoms with Crippen LogP contribution in [0, 0.1) is 0 Å². The Bertz CT molecular complexity index is 1080. The van der Waals surface area contributed by atoms with Gasteiger partial charge < -0.3 is 9.67 Å². The van der Waals surface area contributed by atoms with Crippen LogP contribution in [0.5, 0.6) is 0 Å². The zero-order valence-electron chi connectivity index (χ0n) is 20.7. The molecular formula is C13H20N4O3. The fourth-order valence-electron chi connectivity index (χ4n) is 1.84. The molecule has 2 aromatic rings. The predicted octanol–water partition coefficient (Wildman–Crippen LogP) is -0.0152. The van der Waals surface area contributed by atoms with Crippen molar-refractivity contribution in [1.29, 1.82) is 0 Å². The first-order chi connectivity index (χ1) is 13.3. The molecule has 110 valence electrons. The third-order valence-electron chi connectivity index (χ3n) is 2.79. The standard InChI is InChI=1S/C13H20N4O3/c1-9(18)6-4-5-7-17-12(19)10-11(14-8-15(10)2)16(3)13(17)20/h8-9,18H,4-7H2,1-3H3/i1D3,3D3,6D2,8D,9D. The largest absolute Gasteiger partial charge is 0.393 e. The monoisotopic (exact) mass is 290 g/mol. The van der Waals surface area contributed by atoms with Crippen molar-refractivity contribution in [3.63, 3.8) is 0 Å². The van der Waals surface area contributed by atoms with Gasteiger partial charge in [0.25, 0.3) is 5.56 Å². The summed E-state index contributed by atoms with van der Waals surface area (Å²) in [7, 11) is 1.28. The molecule has 0 amide bonds. The van der Waals surface area contributed by atoms with Gasteiger partial charge in [-0.3, -0.25) is 13.9 Å². The van der Waals surface area contributed by atoms with Gasteiger partial charge in [0, 0.05) is 31.5 Å². The Balaban J connectivity index is 2.51. The SMILES string of the molecule is [2H]c1nc2c(c(=O)n(CCCC([2H])([2H])C([2H])(O)C([2H])([2H])[2H])c(=O)n2C([2H])([2H])[2H])n1C. The smallest absolute Gasteiger partial charge is 0.332 e. The number of hydrogen-bond acceptors (Lipinski definition) is 4. The van der Waals surface area contributed by atoms with E-state index in [1.807, 2.05) is 0 Å². The van der Waals surface area contributed by atoms with Gasteiger partial charge in [-0.25, -0.2) is 9.78 Å². The van der Waals surface area contributed by atoms with Crippen molar-refractivity contribution in [2.75, 3.05) is 0 Å². The van der Waals surface area contributed by atoms with Crippen molar-refractivity contribution in [1.82, 2.24) is 18.7 Å². The molecule has 0 bridgehead atoms. The van der Waals surface area contributed by atoms with Gasteiger partial charge in [-0.2, -0.15) is 0 Å². The highest BCUT2D eigenvalue weighted by Gasteiger charge is 2.14. The van der Waals surface area contributed by atoms with E-state index in [0.29, 0.717) is 4.57 Å². The third kappa shape index (κ3) is 2.53. The maximum Gasteiger partial charge on any atom is 0.332 e.